The number of carbonyl (C=O) groups is 2. The van der Waals surface area contributed by atoms with Crippen LogP contribution in [0.5, 0.6) is 11.5 Å². The number of likely N-dealkylation sites (N-methyl/N-ethyl adjacent to an activating group) is 1. The van der Waals surface area contributed by atoms with Crippen LogP contribution in [0.15, 0.2) is 24.3 Å². The molecule has 1 heterocycles. The van der Waals surface area contributed by atoms with Crippen molar-refractivity contribution in [2.75, 3.05) is 13.1 Å². The van der Waals surface area contributed by atoms with E-state index in [1.165, 1.54) is 5.56 Å². The molecule has 5 atom stereocenters. The van der Waals surface area contributed by atoms with Crippen molar-refractivity contribution in [3.63, 3.8) is 0 Å². The average Bonchev–Trinajstić information content (AvgIpc) is 3.30. The fourth-order valence-electron chi connectivity index (χ4n) is 6.27. The van der Waals surface area contributed by atoms with Crippen molar-refractivity contribution in [1.82, 2.24) is 10.6 Å². The Morgan fingerprint density at radius 1 is 1.02 bits per heavy atom. The number of esters is 1. The zero-order chi connectivity index (χ0) is 28.7. The highest BCUT2D eigenvalue weighted by molar-refractivity contribution is 5.74. The van der Waals surface area contributed by atoms with E-state index in [9.17, 15) is 14.7 Å². The molecule has 222 valence electrons. The highest BCUT2D eigenvalue weighted by Gasteiger charge is 2.51. The first-order valence-electron chi connectivity index (χ1n) is 15.3. The molecule has 4 rings (SSSR count). The maximum Gasteiger partial charge on any atom is 0.407 e. The lowest BCUT2D eigenvalue weighted by Gasteiger charge is -2.40. The second-order valence-electron chi connectivity index (χ2n) is 12.4. The van der Waals surface area contributed by atoms with Crippen molar-refractivity contribution in [2.24, 2.45) is 5.92 Å². The molecule has 0 spiro atoms. The monoisotopic (exact) mass is 556 g/mol. The maximum absolute atomic E-state index is 12.7. The van der Waals surface area contributed by atoms with E-state index in [1.54, 1.807) is 0 Å². The summed E-state index contributed by atoms with van der Waals surface area (Å²) < 4.78 is 17.3. The number of hydrogen-bond acceptors (Lipinski definition) is 7. The molecule has 1 unspecified atom stereocenters. The molecule has 0 fully saturated rings. The predicted molar refractivity (Wildman–Crippen MR) is 155 cm³/mol. The minimum absolute atomic E-state index is 0.0719. The van der Waals surface area contributed by atoms with E-state index in [2.05, 4.69) is 29.7 Å². The van der Waals surface area contributed by atoms with Gasteiger partial charge in [0.2, 0.25) is 0 Å². The summed E-state index contributed by atoms with van der Waals surface area (Å²) in [5, 5.41) is 17.0. The molecule has 0 aromatic heterocycles. The highest BCUT2D eigenvalue weighted by Crippen LogP contribution is 2.55. The van der Waals surface area contributed by atoms with Crippen molar-refractivity contribution < 1.29 is 28.9 Å². The van der Waals surface area contributed by atoms with E-state index in [0.717, 1.165) is 69.9 Å². The standard InChI is InChI=1S/C32H48N2O6/c1-5-33-23-20-21-15-18-25(30-27(21)28-22(23)16-17-24(35)29(28)39-30)38-26(36)14-12-10-8-6-7-9-11-13-19-34-31(37)40-32(2,3)4/h15-18,22-24,28-29,33,35H,5-14,19-20H2,1-4H3,(H,34,37)/t22-,23+,24-,28?,29-/m0/s1. The van der Waals surface area contributed by atoms with Gasteiger partial charge in [-0.05, 0) is 58.2 Å². The molecule has 2 aliphatic carbocycles. The molecule has 0 radical (unpaired) electrons. The number of unbranched alkanes of at least 4 members (excludes halogenated alkanes) is 7. The predicted octanol–water partition coefficient (Wildman–Crippen LogP) is 5.55. The van der Waals surface area contributed by atoms with Gasteiger partial charge in [0.15, 0.2) is 11.5 Å². The molecule has 0 saturated carbocycles. The summed E-state index contributed by atoms with van der Waals surface area (Å²) in [6.07, 6.45) is 12.3. The highest BCUT2D eigenvalue weighted by atomic mass is 16.6. The first-order chi connectivity index (χ1) is 19.2. The number of nitrogens with one attached hydrogen (secondary N) is 2. The van der Waals surface area contributed by atoms with Gasteiger partial charge in [-0.25, -0.2) is 4.79 Å². The Kier molecular flexibility index (Phi) is 10.5. The molecule has 1 aliphatic heterocycles. The second kappa shape index (κ2) is 13.9. The summed E-state index contributed by atoms with van der Waals surface area (Å²) in [7, 11) is 0. The molecule has 8 heteroatoms. The number of hydrogen-bond donors (Lipinski definition) is 3. The lowest BCUT2D eigenvalue weighted by atomic mass is 9.67. The maximum atomic E-state index is 12.7. The van der Waals surface area contributed by atoms with E-state index in [4.69, 9.17) is 14.2 Å². The van der Waals surface area contributed by atoms with E-state index >= 15 is 0 Å². The minimum atomic E-state index is -0.667. The third-order valence-corrected chi connectivity index (χ3v) is 8.04. The summed E-state index contributed by atoms with van der Waals surface area (Å²) >= 11 is 0. The zero-order valence-corrected chi connectivity index (χ0v) is 24.7. The summed E-state index contributed by atoms with van der Waals surface area (Å²) in [6, 6.07) is 4.22. The van der Waals surface area contributed by atoms with Crippen LogP contribution in [0.2, 0.25) is 0 Å². The quantitative estimate of drug-likeness (QED) is 0.119. The van der Waals surface area contributed by atoms with Gasteiger partial charge in [-0.15, -0.1) is 0 Å². The Balaban J connectivity index is 1.13. The molecule has 3 aliphatic rings. The van der Waals surface area contributed by atoms with Crippen LogP contribution in [0.4, 0.5) is 4.79 Å². The number of benzene rings is 1. The summed E-state index contributed by atoms with van der Waals surface area (Å²) in [4.78, 5) is 24.3. The zero-order valence-electron chi connectivity index (χ0n) is 24.7. The van der Waals surface area contributed by atoms with Crippen LogP contribution in [0, 0.1) is 5.92 Å². The average molecular weight is 557 g/mol. The van der Waals surface area contributed by atoms with Crippen LogP contribution in [0.1, 0.15) is 103 Å². The lowest BCUT2D eigenvalue weighted by Crippen LogP contribution is -2.49. The van der Waals surface area contributed by atoms with Crippen molar-refractivity contribution in [2.45, 2.75) is 122 Å². The third kappa shape index (κ3) is 7.78. The smallest absolute Gasteiger partial charge is 0.407 e. The van der Waals surface area contributed by atoms with Gasteiger partial charge in [0.25, 0.3) is 0 Å². The lowest BCUT2D eigenvalue weighted by molar-refractivity contribution is -0.134. The van der Waals surface area contributed by atoms with E-state index < -0.39 is 11.7 Å². The molecule has 3 N–H and O–H groups in total. The molecule has 40 heavy (non-hydrogen) atoms. The van der Waals surface area contributed by atoms with Gasteiger partial charge in [-0.2, -0.15) is 0 Å². The molecule has 0 bridgehead atoms. The number of rotatable bonds is 14. The van der Waals surface area contributed by atoms with Crippen molar-refractivity contribution in [3.05, 3.63) is 35.4 Å². The van der Waals surface area contributed by atoms with Crippen LogP contribution in [-0.2, 0) is 16.0 Å². The normalized spacial score (nSPS) is 24.3. The largest absolute Gasteiger partial charge is 0.482 e. The number of ether oxygens (including phenoxy) is 3. The minimum Gasteiger partial charge on any atom is -0.482 e. The van der Waals surface area contributed by atoms with Gasteiger partial charge in [0, 0.05) is 36.4 Å². The van der Waals surface area contributed by atoms with Crippen molar-refractivity contribution in [1.29, 1.82) is 0 Å². The summed E-state index contributed by atoms with van der Waals surface area (Å²) in [5.41, 5.74) is 1.86. The number of amides is 1. The number of alkyl carbamates (subject to hydrolysis) is 1. The Labute approximate surface area is 239 Å². The molecule has 1 aromatic rings. The van der Waals surface area contributed by atoms with Crippen molar-refractivity contribution in [3.8, 4) is 11.5 Å². The Hall–Kier alpha value is -2.58. The molecular formula is C32H48N2O6. The summed E-state index contributed by atoms with van der Waals surface area (Å²) in [5.74, 6) is 1.21. The Bertz CT molecular complexity index is 1050. The Morgan fingerprint density at radius 2 is 1.73 bits per heavy atom. The summed E-state index contributed by atoms with van der Waals surface area (Å²) in [6.45, 7) is 9.23. The fraction of sp³-hybridized carbons (Fsp3) is 0.688. The van der Waals surface area contributed by atoms with Crippen molar-refractivity contribution >= 4 is 12.1 Å². The molecule has 1 amide bonds. The van der Waals surface area contributed by atoms with Gasteiger partial charge in [0.05, 0.1) is 0 Å². The number of aliphatic hydroxyl groups excluding tert-OH is 1. The van der Waals surface area contributed by atoms with E-state index in [-0.39, 0.29) is 30.0 Å². The van der Waals surface area contributed by atoms with Gasteiger partial charge in [-0.1, -0.05) is 63.7 Å². The number of carbonyl (C=O) groups excluding carboxylic acids is 2. The van der Waals surface area contributed by atoms with Crippen LogP contribution >= 0.6 is 0 Å². The third-order valence-electron chi connectivity index (χ3n) is 8.04. The van der Waals surface area contributed by atoms with Gasteiger partial charge >= 0.3 is 12.1 Å². The fourth-order valence-corrected chi connectivity index (χ4v) is 6.27. The van der Waals surface area contributed by atoms with E-state index in [0.29, 0.717) is 30.5 Å². The van der Waals surface area contributed by atoms with Crippen LogP contribution in [-0.4, -0.2) is 54.1 Å². The van der Waals surface area contributed by atoms with Crippen LogP contribution < -0.4 is 20.1 Å². The first-order valence-corrected chi connectivity index (χ1v) is 15.3. The SMILES string of the molecule is CCN[C@@H]1Cc2ccc(OC(=O)CCCCCCCCCCNC(=O)OC(C)(C)C)c3c2C2[C@H]1C=C[C@H](O)[C@@H]2O3. The molecule has 0 saturated heterocycles. The molecule has 8 nitrogen and oxygen atoms in total. The van der Waals surface area contributed by atoms with Crippen LogP contribution in [0.25, 0.3) is 0 Å². The van der Waals surface area contributed by atoms with Gasteiger partial charge in [-0.3, -0.25) is 4.79 Å². The topological polar surface area (TPSA) is 106 Å². The van der Waals surface area contributed by atoms with Gasteiger partial charge in [0.1, 0.15) is 17.8 Å². The van der Waals surface area contributed by atoms with Gasteiger partial charge < -0.3 is 30.0 Å². The molecular weight excluding hydrogens is 508 g/mol. The molecule has 1 aromatic carbocycles. The second-order valence-corrected chi connectivity index (χ2v) is 12.4. The Morgan fingerprint density at radius 3 is 2.42 bits per heavy atom. The van der Waals surface area contributed by atoms with E-state index in [1.807, 2.05) is 32.9 Å². The number of aliphatic hydroxyl groups is 1. The first kappa shape index (κ1) is 30.4. The van der Waals surface area contributed by atoms with Crippen LogP contribution in [0.3, 0.4) is 0 Å².